The molecule has 0 aliphatic carbocycles. The molecule has 0 aliphatic rings. The van der Waals surface area contributed by atoms with E-state index in [1.165, 1.54) is 44.9 Å². The Morgan fingerprint density at radius 3 is 2.33 bits per heavy atom. The maximum atomic E-state index is 4.22. The topological polar surface area (TPSA) is 17.8 Å². The summed E-state index contributed by atoms with van der Waals surface area (Å²) in [5.41, 5.74) is 0. The summed E-state index contributed by atoms with van der Waals surface area (Å²) < 4.78 is 2.24. The Labute approximate surface area is 93.7 Å². The van der Waals surface area contributed by atoms with Crippen molar-refractivity contribution in [1.29, 1.82) is 0 Å². The molecule has 0 unspecified atom stereocenters. The van der Waals surface area contributed by atoms with Gasteiger partial charge in [0.25, 0.3) is 0 Å². The zero-order chi connectivity index (χ0) is 10.9. The molecule has 0 aliphatic heterocycles. The molecule has 0 N–H and O–H groups in total. The lowest BCUT2D eigenvalue weighted by Crippen LogP contribution is -1.98. The van der Waals surface area contributed by atoms with Crippen LogP contribution in [-0.2, 0) is 6.54 Å². The van der Waals surface area contributed by atoms with Crippen molar-refractivity contribution in [2.75, 3.05) is 0 Å². The fraction of sp³-hybridized carbons (Fsp3) is 0.769. The van der Waals surface area contributed by atoms with Gasteiger partial charge in [-0.2, -0.15) is 0 Å². The van der Waals surface area contributed by atoms with Gasteiger partial charge in [-0.1, -0.05) is 45.4 Å². The first-order valence-electron chi connectivity index (χ1n) is 6.32. The molecule has 0 spiro atoms. The molecular weight excluding hydrogens is 184 g/mol. The van der Waals surface area contributed by atoms with Crippen molar-refractivity contribution in [2.24, 2.45) is 0 Å². The minimum absolute atomic E-state index is 1.14. The maximum absolute atomic E-state index is 4.22. The third-order valence-electron chi connectivity index (χ3n) is 2.93. The summed E-state index contributed by atoms with van der Waals surface area (Å²) in [7, 11) is 0. The number of hydrogen-bond acceptors (Lipinski definition) is 1. The van der Waals surface area contributed by atoms with E-state index in [9.17, 15) is 0 Å². The molecule has 0 saturated heterocycles. The first-order chi connectivity index (χ1) is 7.34. The van der Waals surface area contributed by atoms with Crippen LogP contribution < -0.4 is 0 Å². The van der Waals surface area contributed by atoms with Crippen molar-refractivity contribution in [1.82, 2.24) is 9.55 Å². The Morgan fingerprint density at radius 2 is 1.73 bits per heavy atom. The van der Waals surface area contributed by atoms with E-state index in [4.69, 9.17) is 0 Å². The number of rotatable bonds is 8. The standard InChI is InChI=1S/C13H24N2/c1-3-4-5-6-7-8-9-11-15-12-10-14-13(15)2/h10,12H,3-9,11H2,1-2H3. The highest BCUT2D eigenvalue weighted by molar-refractivity contribution is 4.87. The molecule has 0 amide bonds. The fourth-order valence-electron chi connectivity index (χ4n) is 1.88. The van der Waals surface area contributed by atoms with Crippen LogP contribution >= 0.6 is 0 Å². The van der Waals surface area contributed by atoms with Crippen LogP contribution in [0.1, 0.15) is 57.7 Å². The lowest BCUT2D eigenvalue weighted by molar-refractivity contribution is 0.544. The predicted octanol–water partition coefficient (Wildman–Crippen LogP) is 3.94. The average molecular weight is 208 g/mol. The first-order valence-corrected chi connectivity index (χ1v) is 6.32. The predicted molar refractivity (Wildman–Crippen MR) is 65.0 cm³/mol. The molecule has 1 aromatic rings. The molecule has 0 aromatic carbocycles. The van der Waals surface area contributed by atoms with Gasteiger partial charge in [0.1, 0.15) is 5.82 Å². The van der Waals surface area contributed by atoms with Crippen molar-refractivity contribution >= 4 is 0 Å². The van der Waals surface area contributed by atoms with Crippen molar-refractivity contribution in [3.63, 3.8) is 0 Å². The molecule has 0 saturated carbocycles. The van der Waals surface area contributed by atoms with Gasteiger partial charge in [0.05, 0.1) is 0 Å². The summed E-state index contributed by atoms with van der Waals surface area (Å²) in [6.07, 6.45) is 13.6. The fourth-order valence-corrected chi connectivity index (χ4v) is 1.88. The summed E-state index contributed by atoms with van der Waals surface area (Å²) in [6, 6.07) is 0. The first kappa shape index (κ1) is 12.3. The van der Waals surface area contributed by atoms with Gasteiger partial charge in [-0.3, -0.25) is 0 Å². The van der Waals surface area contributed by atoms with Gasteiger partial charge in [-0.15, -0.1) is 0 Å². The molecule has 15 heavy (non-hydrogen) atoms. The number of aromatic nitrogens is 2. The minimum Gasteiger partial charge on any atom is -0.335 e. The normalized spacial score (nSPS) is 10.8. The second-order valence-corrected chi connectivity index (χ2v) is 4.29. The lowest BCUT2D eigenvalue weighted by atomic mass is 10.1. The van der Waals surface area contributed by atoms with E-state index in [1.54, 1.807) is 0 Å². The lowest BCUT2D eigenvalue weighted by Gasteiger charge is -2.04. The van der Waals surface area contributed by atoms with Crippen LogP contribution in [0.2, 0.25) is 0 Å². The van der Waals surface area contributed by atoms with Gasteiger partial charge in [0, 0.05) is 18.9 Å². The van der Waals surface area contributed by atoms with Crippen LogP contribution in [0.5, 0.6) is 0 Å². The van der Waals surface area contributed by atoms with Gasteiger partial charge in [-0.25, -0.2) is 4.98 Å². The van der Waals surface area contributed by atoms with E-state index in [-0.39, 0.29) is 0 Å². The van der Waals surface area contributed by atoms with Crippen molar-refractivity contribution in [2.45, 2.75) is 65.3 Å². The smallest absolute Gasteiger partial charge is 0.105 e. The Kier molecular flexibility index (Phi) is 6.14. The van der Waals surface area contributed by atoms with Gasteiger partial charge in [0.15, 0.2) is 0 Å². The third kappa shape index (κ3) is 5.01. The highest BCUT2D eigenvalue weighted by Crippen LogP contribution is 2.08. The Bertz CT molecular complexity index is 253. The molecule has 2 nitrogen and oxygen atoms in total. The van der Waals surface area contributed by atoms with E-state index in [0.717, 1.165) is 12.4 Å². The van der Waals surface area contributed by atoms with E-state index in [0.29, 0.717) is 0 Å². The minimum atomic E-state index is 1.14. The third-order valence-corrected chi connectivity index (χ3v) is 2.93. The van der Waals surface area contributed by atoms with Gasteiger partial charge < -0.3 is 4.57 Å². The Hall–Kier alpha value is -0.790. The van der Waals surface area contributed by atoms with Crippen LogP contribution in [-0.4, -0.2) is 9.55 Å². The molecule has 2 heteroatoms. The Balaban J connectivity index is 1.96. The van der Waals surface area contributed by atoms with Crippen LogP contribution in [0.25, 0.3) is 0 Å². The number of aryl methyl sites for hydroxylation is 2. The summed E-state index contributed by atoms with van der Waals surface area (Å²) in [5.74, 6) is 1.14. The summed E-state index contributed by atoms with van der Waals surface area (Å²) in [5, 5.41) is 0. The van der Waals surface area contributed by atoms with Crippen molar-refractivity contribution < 1.29 is 0 Å². The monoisotopic (exact) mass is 208 g/mol. The molecule has 1 aromatic heterocycles. The Morgan fingerprint density at radius 1 is 1.07 bits per heavy atom. The van der Waals surface area contributed by atoms with E-state index >= 15 is 0 Å². The molecule has 0 fully saturated rings. The summed E-state index contributed by atoms with van der Waals surface area (Å²) in [4.78, 5) is 4.22. The van der Waals surface area contributed by atoms with Crippen LogP contribution in [0.4, 0.5) is 0 Å². The van der Waals surface area contributed by atoms with Gasteiger partial charge >= 0.3 is 0 Å². The van der Waals surface area contributed by atoms with Crippen molar-refractivity contribution in [3.05, 3.63) is 18.2 Å². The molecule has 1 heterocycles. The maximum Gasteiger partial charge on any atom is 0.105 e. The zero-order valence-electron chi connectivity index (χ0n) is 10.2. The van der Waals surface area contributed by atoms with E-state index < -0.39 is 0 Å². The van der Waals surface area contributed by atoms with Crippen LogP contribution in [0.15, 0.2) is 12.4 Å². The van der Waals surface area contributed by atoms with Crippen LogP contribution in [0.3, 0.4) is 0 Å². The second-order valence-electron chi connectivity index (χ2n) is 4.29. The average Bonchev–Trinajstić information content (AvgIpc) is 2.63. The van der Waals surface area contributed by atoms with Gasteiger partial charge in [-0.05, 0) is 13.3 Å². The number of unbranched alkanes of at least 4 members (excludes halogenated alkanes) is 6. The van der Waals surface area contributed by atoms with Crippen molar-refractivity contribution in [3.8, 4) is 0 Å². The SMILES string of the molecule is CCCCCCCCCn1ccnc1C. The molecule has 1 rings (SSSR count). The van der Waals surface area contributed by atoms with E-state index in [2.05, 4.69) is 29.6 Å². The summed E-state index contributed by atoms with van der Waals surface area (Å²) in [6.45, 7) is 5.47. The number of nitrogens with zero attached hydrogens (tertiary/aromatic N) is 2. The van der Waals surface area contributed by atoms with Gasteiger partial charge in [0.2, 0.25) is 0 Å². The zero-order valence-corrected chi connectivity index (χ0v) is 10.2. The molecule has 0 atom stereocenters. The molecule has 0 radical (unpaired) electrons. The van der Waals surface area contributed by atoms with E-state index in [1.807, 2.05) is 6.20 Å². The highest BCUT2D eigenvalue weighted by atomic mass is 15.0. The molecule has 0 bridgehead atoms. The second kappa shape index (κ2) is 7.49. The molecule has 86 valence electrons. The summed E-state index contributed by atoms with van der Waals surface area (Å²) >= 11 is 0. The number of imidazole rings is 1. The number of hydrogen-bond donors (Lipinski definition) is 0. The largest absolute Gasteiger partial charge is 0.335 e. The van der Waals surface area contributed by atoms with Crippen LogP contribution in [0, 0.1) is 6.92 Å². The quantitative estimate of drug-likeness (QED) is 0.592. The molecular formula is C13H24N2. The highest BCUT2D eigenvalue weighted by Gasteiger charge is 1.96.